The minimum absolute atomic E-state index is 0.658. The van der Waals surface area contributed by atoms with Crippen molar-refractivity contribution in [1.29, 1.82) is 0 Å². The molecule has 3 heteroatoms. The SMILES string of the molecule is CC1CCCC(CCNC(N)=NCC2CCC2)C1. The number of nitrogens with one attached hydrogen (secondary N) is 1. The molecule has 0 radical (unpaired) electrons. The molecule has 0 bridgehead atoms. The molecular formula is C15H29N3. The van der Waals surface area contributed by atoms with Crippen LogP contribution in [0.3, 0.4) is 0 Å². The summed E-state index contributed by atoms with van der Waals surface area (Å²) in [6, 6.07) is 0. The zero-order valence-electron chi connectivity index (χ0n) is 11.8. The Kier molecular flexibility index (Phi) is 5.33. The summed E-state index contributed by atoms with van der Waals surface area (Å²) in [5.74, 6) is 3.30. The third-order valence-electron chi connectivity index (χ3n) is 4.65. The second-order valence-electron chi connectivity index (χ2n) is 6.38. The summed E-state index contributed by atoms with van der Waals surface area (Å²) in [4.78, 5) is 4.43. The summed E-state index contributed by atoms with van der Waals surface area (Å²) in [5.41, 5.74) is 5.88. The molecule has 2 unspecified atom stereocenters. The summed E-state index contributed by atoms with van der Waals surface area (Å²) >= 11 is 0. The molecule has 3 N–H and O–H groups in total. The van der Waals surface area contributed by atoms with E-state index in [2.05, 4.69) is 17.2 Å². The second kappa shape index (κ2) is 7.01. The number of nitrogens with zero attached hydrogens (tertiary/aromatic N) is 1. The maximum absolute atomic E-state index is 5.88. The quantitative estimate of drug-likeness (QED) is 0.583. The fourth-order valence-corrected chi connectivity index (χ4v) is 3.19. The highest BCUT2D eigenvalue weighted by Gasteiger charge is 2.18. The number of hydrogen-bond acceptors (Lipinski definition) is 1. The number of rotatable bonds is 5. The highest BCUT2D eigenvalue weighted by molar-refractivity contribution is 5.77. The van der Waals surface area contributed by atoms with Gasteiger partial charge < -0.3 is 11.1 Å². The summed E-state index contributed by atoms with van der Waals surface area (Å²) in [6.07, 6.45) is 11.0. The summed E-state index contributed by atoms with van der Waals surface area (Å²) in [7, 11) is 0. The van der Waals surface area contributed by atoms with Gasteiger partial charge in [-0.3, -0.25) is 4.99 Å². The smallest absolute Gasteiger partial charge is 0.188 e. The van der Waals surface area contributed by atoms with E-state index in [0.717, 1.165) is 30.8 Å². The number of nitrogens with two attached hydrogens (primary N) is 1. The Labute approximate surface area is 112 Å². The molecule has 0 amide bonds. The first-order valence-electron chi connectivity index (χ1n) is 7.78. The van der Waals surface area contributed by atoms with Crippen molar-refractivity contribution < 1.29 is 0 Å². The second-order valence-corrected chi connectivity index (χ2v) is 6.38. The van der Waals surface area contributed by atoms with Crippen LogP contribution in [0.1, 0.15) is 58.3 Å². The van der Waals surface area contributed by atoms with Crippen molar-refractivity contribution in [3.05, 3.63) is 0 Å². The fourth-order valence-electron chi connectivity index (χ4n) is 3.19. The molecule has 2 rings (SSSR count). The van der Waals surface area contributed by atoms with Crippen LogP contribution in [-0.2, 0) is 0 Å². The first-order chi connectivity index (χ1) is 8.74. The summed E-state index contributed by atoms with van der Waals surface area (Å²) in [6.45, 7) is 4.31. The molecule has 0 spiro atoms. The van der Waals surface area contributed by atoms with Crippen LogP contribution in [0.5, 0.6) is 0 Å². The van der Waals surface area contributed by atoms with Crippen LogP contribution in [0, 0.1) is 17.8 Å². The first-order valence-corrected chi connectivity index (χ1v) is 7.78. The number of hydrogen-bond donors (Lipinski definition) is 2. The van der Waals surface area contributed by atoms with E-state index in [1.54, 1.807) is 0 Å². The molecular weight excluding hydrogens is 222 g/mol. The third-order valence-corrected chi connectivity index (χ3v) is 4.65. The Balaban J connectivity index is 1.56. The average Bonchev–Trinajstić information content (AvgIpc) is 2.27. The lowest BCUT2D eigenvalue weighted by Gasteiger charge is -2.26. The van der Waals surface area contributed by atoms with Gasteiger partial charge in [-0.1, -0.05) is 32.6 Å². The Hall–Kier alpha value is -0.730. The molecule has 2 saturated carbocycles. The van der Waals surface area contributed by atoms with Gasteiger partial charge in [0.15, 0.2) is 5.96 Å². The van der Waals surface area contributed by atoms with E-state index >= 15 is 0 Å². The minimum atomic E-state index is 0.658. The van der Waals surface area contributed by atoms with Crippen LogP contribution in [-0.4, -0.2) is 19.0 Å². The lowest BCUT2D eigenvalue weighted by atomic mass is 9.81. The van der Waals surface area contributed by atoms with Crippen LogP contribution in [0.25, 0.3) is 0 Å². The van der Waals surface area contributed by atoms with Crippen molar-refractivity contribution in [2.45, 2.75) is 58.3 Å². The van der Waals surface area contributed by atoms with Crippen LogP contribution in [0.2, 0.25) is 0 Å². The molecule has 2 atom stereocenters. The zero-order chi connectivity index (χ0) is 12.8. The Morgan fingerprint density at radius 1 is 1.17 bits per heavy atom. The molecule has 2 aliphatic rings. The lowest BCUT2D eigenvalue weighted by Crippen LogP contribution is -2.34. The normalized spacial score (nSPS) is 29.9. The van der Waals surface area contributed by atoms with E-state index in [1.807, 2.05) is 0 Å². The number of aliphatic imine (C=N–C) groups is 1. The highest BCUT2D eigenvalue weighted by atomic mass is 15.1. The van der Waals surface area contributed by atoms with Gasteiger partial charge in [0.05, 0.1) is 0 Å². The predicted molar refractivity (Wildman–Crippen MR) is 77.6 cm³/mol. The van der Waals surface area contributed by atoms with Crippen molar-refractivity contribution in [3.8, 4) is 0 Å². The Morgan fingerprint density at radius 3 is 2.56 bits per heavy atom. The predicted octanol–water partition coefficient (Wildman–Crippen LogP) is 2.91. The molecule has 2 aliphatic carbocycles. The van der Waals surface area contributed by atoms with Crippen LogP contribution >= 0.6 is 0 Å². The molecule has 104 valence electrons. The monoisotopic (exact) mass is 251 g/mol. The molecule has 18 heavy (non-hydrogen) atoms. The lowest BCUT2D eigenvalue weighted by molar-refractivity contribution is 0.270. The average molecular weight is 251 g/mol. The van der Waals surface area contributed by atoms with Crippen molar-refractivity contribution in [3.63, 3.8) is 0 Å². The van der Waals surface area contributed by atoms with Crippen LogP contribution < -0.4 is 11.1 Å². The van der Waals surface area contributed by atoms with Gasteiger partial charge in [0, 0.05) is 13.1 Å². The minimum Gasteiger partial charge on any atom is -0.370 e. The molecule has 0 aromatic rings. The van der Waals surface area contributed by atoms with E-state index in [4.69, 9.17) is 5.73 Å². The van der Waals surface area contributed by atoms with Gasteiger partial charge in [-0.2, -0.15) is 0 Å². The summed E-state index contributed by atoms with van der Waals surface area (Å²) in [5, 5.41) is 3.28. The van der Waals surface area contributed by atoms with E-state index in [9.17, 15) is 0 Å². The largest absolute Gasteiger partial charge is 0.370 e. The third kappa shape index (κ3) is 4.51. The van der Waals surface area contributed by atoms with Gasteiger partial charge in [-0.15, -0.1) is 0 Å². The summed E-state index contributed by atoms with van der Waals surface area (Å²) < 4.78 is 0. The molecule has 0 aromatic carbocycles. The molecule has 0 aliphatic heterocycles. The van der Waals surface area contributed by atoms with Gasteiger partial charge in [-0.05, 0) is 43.4 Å². The molecule has 3 nitrogen and oxygen atoms in total. The van der Waals surface area contributed by atoms with Crippen molar-refractivity contribution in [2.24, 2.45) is 28.5 Å². The van der Waals surface area contributed by atoms with Crippen molar-refractivity contribution in [1.82, 2.24) is 5.32 Å². The van der Waals surface area contributed by atoms with Crippen molar-refractivity contribution >= 4 is 5.96 Å². The number of guanidine groups is 1. The molecule has 0 heterocycles. The zero-order valence-corrected chi connectivity index (χ0v) is 11.8. The maximum Gasteiger partial charge on any atom is 0.188 e. The van der Waals surface area contributed by atoms with E-state index in [0.29, 0.717) is 5.96 Å². The van der Waals surface area contributed by atoms with Gasteiger partial charge in [-0.25, -0.2) is 0 Å². The Bertz CT molecular complexity index is 271. The van der Waals surface area contributed by atoms with E-state index < -0.39 is 0 Å². The topological polar surface area (TPSA) is 50.4 Å². The van der Waals surface area contributed by atoms with Gasteiger partial charge >= 0.3 is 0 Å². The molecule has 0 saturated heterocycles. The van der Waals surface area contributed by atoms with Gasteiger partial charge in [0.25, 0.3) is 0 Å². The van der Waals surface area contributed by atoms with Crippen LogP contribution in [0.15, 0.2) is 4.99 Å². The maximum atomic E-state index is 5.88. The standard InChI is InChI=1S/C15H29N3/c1-12-4-2-5-13(10-12)8-9-17-15(16)18-11-14-6-3-7-14/h12-14H,2-11H2,1H3,(H3,16,17,18). The Morgan fingerprint density at radius 2 is 1.89 bits per heavy atom. The van der Waals surface area contributed by atoms with Gasteiger partial charge in [0.1, 0.15) is 0 Å². The van der Waals surface area contributed by atoms with Crippen molar-refractivity contribution in [2.75, 3.05) is 13.1 Å². The molecule has 0 aromatic heterocycles. The fraction of sp³-hybridized carbons (Fsp3) is 0.933. The first kappa shape index (κ1) is 13.7. The van der Waals surface area contributed by atoms with E-state index in [-0.39, 0.29) is 0 Å². The highest BCUT2D eigenvalue weighted by Crippen LogP contribution is 2.30. The van der Waals surface area contributed by atoms with Gasteiger partial charge in [0.2, 0.25) is 0 Å². The van der Waals surface area contributed by atoms with E-state index in [1.165, 1.54) is 51.4 Å². The van der Waals surface area contributed by atoms with Crippen LogP contribution in [0.4, 0.5) is 0 Å². The molecule has 2 fully saturated rings.